The average Bonchev–Trinajstić information content (AvgIpc) is 2.61. The molecular formula is C12H8F10O9S3. The van der Waals surface area contributed by atoms with E-state index in [1.165, 1.54) is 0 Å². The maximum Gasteiger partial charge on any atom is 0.423 e. The summed E-state index contributed by atoms with van der Waals surface area (Å²) in [4.78, 5) is -3.48. The van der Waals surface area contributed by atoms with Crippen LogP contribution in [0, 0.1) is 0 Å². The molecule has 0 amide bonds. The third-order valence-electron chi connectivity index (χ3n) is 3.33. The van der Waals surface area contributed by atoms with E-state index >= 15 is 0 Å². The first kappa shape index (κ1) is 30.3. The van der Waals surface area contributed by atoms with Gasteiger partial charge >= 0.3 is 27.7 Å². The van der Waals surface area contributed by atoms with Crippen LogP contribution in [0.2, 0.25) is 0 Å². The number of rotatable bonds is 9. The van der Waals surface area contributed by atoms with Gasteiger partial charge in [-0.3, -0.25) is 4.55 Å². The van der Waals surface area contributed by atoms with E-state index in [1.54, 1.807) is 0 Å². The van der Waals surface area contributed by atoms with Crippen LogP contribution in [-0.4, -0.2) is 66.0 Å². The van der Waals surface area contributed by atoms with E-state index in [2.05, 4.69) is 8.37 Å². The van der Waals surface area contributed by atoms with Gasteiger partial charge in [-0.05, 0) is 18.2 Å². The van der Waals surface area contributed by atoms with Crippen LogP contribution >= 0.6 is 0 Å². The molecule has 0 fully saturated rings. The minimum Gasteiger partial charge on any atom is -0.281 e. The third-order valence-corrected chi connectivity index (χ3v) is 6.81. The minimum absolute atomic E-state index is 0.154. The van der Waals surface area contributed by atoms with Crippen molar-refractivity contribution in [2.45, 2.75) is 46.0 Å². The van der Waals surface area contributed by atoms with Crippen molar-refractivity contribution in [1.29, 1.82) is 0 Å². The first-order valence-electron chi connectivity index (χ1n) is 7.57. The summed E-state index contributed by atoms with van der Waals surface area (Å²) in [6.45, 7) is 0. The fraction of sp³-hybridized carbons (Fsp3) is 0.500. The van der Waals surface area contributed by atoms with Crippen LogP contribution in [0.4, 0.5) is 43.9 Å². The largest absolute Gasteiger partial charge is 0.423 e. The van der Waals surface area contributed by atoms with Crippen LogP contribution < -0.4 is 0 Å². The summed E-state index contributed by atoms with van der Waals surface area (Å²) < 4.78 is 212. The molecule has 22 heteroatoms. The maximum atomic E-state index is 13.5. The van der Waals surface area contributed by atoms with Gasteiger partial charge in [0, 0.05) is 0 Å². The molecule has 198 valence electrons. The van der Waals surface area contributed by atoms with Gasteiger partial charge in [-0.25, -0.2) is 17.1 Å². The predicted octanol–water partition coefficient (Wildman–Crippen LogP) is 2.70. The lowest BCUT2D eigenvalue weighted by Crippen LogP contribution is -2.52. The molecule has 9 nitrogen and oxygen atoms in total. The monoisotopic (exact) mass is 582 g/mol. The van der Waals surface area contributed by atoms with E-state index in [1.807, 2.05) is 0 Å². The second-order valence-corrected chi connectivity index (χ2v) is 10.5. The van der Waals surface area contributed by atoms with E-state index in [9.17, 15) is 69.2 Å². The molecule has 0 radical (unpaired) electrons. The molecule has 1 aromatic rings. The van der Waals surface area contributed by atoms with Gasteiger partial charge in [-0.2, -0.15) is 60.4 Å². The second-order valence-electron chi connectivity index (χ2n) is 5.83. The topological polar surface area (TPSA) is 141 Å². The molecular weight excluding hydrogens is 574 g/mol. The summed E-state index contributed by atoms with van der Waals surface area (Å²) in [7, 11) is -19.1. The Morgan fingerprint density at radius 3 is 1.47 bits per heavy atom. The van der Waals surface area contributed by atoms with Crippen LogP contribution in [0.15, 0.2) is 34.1 Å². The van der Waals surface area contributed by atoms with Crippen molar-refractivity contribution in [3.63, 3.8) is 0 Å². The fourth-order valence-electron chi connectivity index (χ4n) is 1.84. The van der Waals surface area contributed by atoms with E-state index in [0.29, 0.717) is 6.07 Å². The highest BCUT2D eigenvalue weighted by Crippen LogP contribution is 2.40. The predicted molar refractivity (Wildman–Crippen MR) is 85.2 cm³/mol. The zero-order chi connectivity index (χ0) is 27.1. The molecule has 1 aromatic carbocycles. The van der Waals surface area contributed by atoms with Crippen LogP contribution in [0.1, 0.15) is 0 Å². The highest BCUT2D eigenvalue weighted by Gasteiger charge is 2.66. The van der Waals surface area contributed by atoms with Crippen molar-refractivity contribution in [2.75, 3.05) is 0 Å². The Kier molecular flexibility index (Phi) is 8.34. The summed E-state index contributed by atoms with van der Waals surface area (Å²) in [6.07, 6.45) is -26.3. The molecule has 0 saturated heterocycles. The Labute approximate surface area is 183 Å². The number of benzene rings is 1. The van der Waals surface area contributed by atoms with Gasteiger partial charge in [0.1, 0.15) is 0 Å². The molecule has 0 aromatic heterocycles. The highest BCUT2D eigenvalue weighted by atomic mass is 32.2. The molecule has 1 N–H and O–H groups in total. The smallest absolute Gasteiger partial charge is 0.281 e. The highest BCUT2D eigenvalue weighted by molar-refractivity contribution is 7.88. The normalized spacial score (nSPS) is 16.5. The van der Waals surface area contributed by atoms with Crippen LogP contribution in [-0.2, 0) is 38.7 Å². The van der Waals surface area contributed by atoms with Crippen molar-refractivity contribution >= 4 is 30.4 Å². The standard InChI is InChI=1S/C12H8F10O9S3/c13-8(14)7(10(15,16)17)30-32(23,24)5-2-1-3-6(4-5)33(25,26)31-9(11(18,19)20)12(21,22)34(27,28)29/h1-4,7-9H,(H,27,28,29). The van der Waals surface area contributed by atoms with Crippen molar-refractivity contribution < 1.29 is 82.1 Å². The van der Waals surface area contributed by atoms with Gasteiger partial charge in [0.25, 0.3) is 32.8 Å². The van der Waals surface area contributed by atoms with Crippen LogP contribution in [0.3, 0.4) is 0 Å². The van der Waals surface area contributed by atoms with Crippen LogP contribution in [0.25, 0.3) is 0 Å². The summed E-state index contributed by atoms with van der Waals surface area (Å²) >= 11 is 0. The Morgan fingerprint density at radius 2 is 1.15 bits per heavy atom. The zero-order valence-electron chi connectivity index (χ0n) is 15.3. The first-order valence-corrected chi connectivity index (χ1v) is 11.8. The van der Waals surface area contributed by atoms with Gasteiger partial charge in [0.05, 0.1) is 9.79 Å². The number of hydrogen-bond donors (Lipinski definition) is 1. The SMILES string of the molecule is O=S(=O)(OC(C(F)F)C(F)(F)F)c1cccc(S(=O)(=O)OC(C(F)(F)F)C(F)(F)S(=O)(=O)O)c1. The number of halogens is 10. The van der Waals surface area contributed by atoms with Gasteiger partial charge in [-0.1, -0.05) is 6.07 Å². The summed E-state index contributed by atoms with van der Waals surface area (Å²) in [5.74, 6) is 0. The summed E-state index contributed by atoms with van der Waals surface area (Å²) in [5, 5.41) is -6.32. The van der Waals surface area contributed by atoms with Crippen molar-refractivity contribution in [3.05, 3.63) is 24.3 Å². The summed E-state index contributed by atoms with van der Waals surface area (Å²) in [5.41, 5.74) is 0. The molecule has 0 bridgehead atoms. The Balaban J connectivity index is 3.50. The quantitative estimate of drug-likeness (QED) is 0.264. The zero-order valence-corrected chi connectivity index (χ0v) is 17.7. The Hall–Kier alpha value is -1.75. The molecule has 0 spiro atoms. The molecule has 2 unspecified atom stereocenters. The van der Waals surface area contributed by atoms with Crippen molar-refractivity contribution in [1.82, 2.24) is 0 Å². The van der Waals surface area contributed by atoms with Gasteiger partial charge in [-0.15, -0.1) is 0 Å². The Bertz CT molecular complexity index is 1200. The molecule has 0 heterocycles. The van der Waals surface area contributed by atoms with Gasteiger partial charge < -0.3 is 0 Å². The van der Waals surface area contributed by atoms with E-state index in [4.69, 9.17) is 4.55 Å². The molecule has 0 saturated carbocycles. The van der Waals surface area contributed by atoms with E-state index < -0.39 is 76.4 Å². The lowest BCUT2D eigenvalue weighted by molar-refractivity contribution is -0.237. The fourth-order valence-corrected chi connectivity index (χ4v) is 4.63. The lowest BCUT2D eigenvalue weighted by Gasteiger charge is -2.25. The maximum absolute atomic E-state index is 13.5. The molecule has 34 heavy (non-hydrogen) atoms. The van der Waals surface area contributed by atoms with Gasteiger partial charge in [0.15, 0.2) is 0 Å². The first-order chi connectivity index (χ1) is 14.8. The molecule has 1 rings (SSSR count). The number of hydrogen-bond acceptors (Lipinski definition) is 8. The lowest BCUT2D eigenvalue weighted by atomic mass is 10.3. The third kappa shape index (κ3) is 6.90. The van der Waals surface area contributed by atoms with Gasteiger partial charge in [0.2, 0.25) is 6.10 Å². The van der Waals surface area contributed by atoms with E-state index in [-0.39, 0.29) is 18.2 Å². The van der Waals surface area contributed by atoms with Crippen molar-refractivity contribution in [3.8, 4) is 0 Å². The second kappa shape index (κ2) is 9.37. The average molecular weight is 582 g/mol. The minimum atomic E-state index is -6.94. The molecule has 0 aliphatic rings. The molecule has 0 aliphatic heterocycles. The van der Waals surface area contributed by atoms with Crippen LogP contribution in [0.5, 0.6) is 0 Å². The number of alkyl halides is 10. The molecule has 0 aliphatic carbocycles. The summed E-state index contributed by atoms with van der Waals surface area (Å²) in [6, 6.07) is 0.354. The van der Waals surface area contributed by atoms with Crippen molar-refractivity contribution in [2.24, 2.45) is 0 Å². The van der Waals surface area contributed by atoms with E-state index in [0.717, 1.165) is 0 Å². The molecule has 2 atom stereocenters. The Morgan fingerprint density at radius 1 is 0.735 bits per heavy atom.